The fourth-order valence-corrected chi connectivity index (χ4v) is 4.92. The number of thiocarbonyl (C=S) groups is 1. The van der Waals surface area contributed by atoms with Crippen LogP contribution in [0.2, 0.25) is 0 Å². The lowest BCUT2D eigenvalue weighted by Gasteiger charge is -2.35. The molecule has 1 aromatic rings. The molecule has 2 aliphatic heterocycles. The summed E-state index contributed by atoms with van der Waals surface area (Å²) in [7, 11) is 0. The zero-order valence-corrected chi connectivity index (χ0v) is 17.6. The van der Waals surface area contributed by atoms with Crippen molar-refractivity contribution in [3.05, 3.63) is 40.3 Å². The molecule has 0 spiro atoms. The van der Waals surface area contributed by atoms with Crippen LogP contribution in [0.3, 0.4) is 0 Å². The van der Waals surface area contributed by atoms with Crippen LogP contribution in [-0.2, 0) is 9.59 Å². The number of likely N-dealkylation sites (tertiary alicyclic amines) is 1. The molecule has 2 saturated heterocycles. The molecule has 144 valence electrons. The first-order chi connectivity index (χ1) is 13.0. The molecule has 2 amide bonds. The van der Waals surface area contributed by atoms with Gasteiger partial charge < -0.3 is 4.90 Å². The second kappa shape index (κ2) is 9.02. The fraction of sp³-hybridized carbons (Fsp3) is 0.476. The van der Waals surface area contributed by atoms with Gasteiger partial charge in [-0.05, 0) is 44.2 Å². The number of aryl methyl sites for hydroxylation is 1. The number of carbonyl (C=O) groups excluding carboxylic acids is 2. The number of carbonyl (C=O) groups is 2. The van der Waals surface area contributed by atoms with E-state index in [1.807, 2.05) is 42.2 Å². The Morgan fingerprint density at radius 2 is 2.04 bits per heavy atom. The maximum atomic E-state index is 12.7. The molecule has 1 atom stereocenters. The summed E-state index contributed by atoms with van der Waals surface area (Å²) in [6.45, 7) is 5.37. The molecule has 2 heterocycles. The molecule has 2 fully saturated rings. The minimum absolute atomic E-state index is 0.0935. The minimum atomic E-state index is -0.0935. The molecule has 1 unspecified atom stereocenters. The van der Waals surface area contributed by atoms with Crippen molar-refractivity contribution in [1.82, 2.24) is 9.80 Å². The topological polar surface area (TPSA) is 40.6 Å². The zero-order chi connectivity index (χ0) is 19.4. The number of nitrogens with zero attached hydrogens (tertiary/aromatic N) is 2. The highest BCUT2D eigenvalue weighted by molar-refractivity contribution is 8.26. The molecule has 27 heavy (non-hydrogen) atoms. The molecule has 4 nitrogen and oxygen atoms in total. The van der Waals surface area contributed by atoms with Gasteiger partial charge in [0.2, 0.25) is 5.91 Å². The second-order valence-electron chi connectivity index (χ2n) is 7.14. The Kier molecular flexibility index (Phi) is 6.71. The summed E-state index contributed by atoms with van der Waals surface area (Å²) in [5.41, 5.74) is 2.16. The highest BCUT2D eigenvalue weighted by Crippen LogP contribution is 2.33. The molecule has 0 aromatic heterocycles. The average Bonchev–Trinajstić information content (AvgIpc) is 2.94. The van der Waals surface area contributed by atoms with Gasteiger partial charge in [0, 0.05) is 25.6 Å². The van der Waals surface area contributed by atoms with Crippen LogP contribution in [0.1, 0.15) is 50.2 Å². The third-order valence-electron chi connectivity index (χ3n) is 5.22. The van der Waals surface area contributed by atoms with E-state index in [-0.39, 0.29) is 11.8 Å². The summed E-state index contributed by atoms with van der Waals surface area (Å²) in [6, 6.07) is 8.38. The van der Waals surface area contributed by atoms with E-state index in [2.05, 4.69) is 6.92 Å². The predicted octanol–water partition coefficient (Wildman–Crippen LogP) is 4.38. The van der Waals surface area contributed by atoms with Crippen molar-refractivity contribution in [2.24, 2.45) is 0 Å². The average molecular weight is 403 g/mol. The quantitative estimate of drug-likeness (QED) is 0.541. The molecule has 0 N–H and O–H groups in total. The summed E-state index contributed by atoms with van der Waals surface area (Å²) in [6.07, 6.45) is 6.55. The molecule has 3 rings (SSSR count). The van der Waals surface area contributed by atoms with Crippen molar-refractivity contribution < 1.29 is 9.59 Å². The van der Waals surface area contributed by atoms with Crippen LogP contribution < -0.4 is 0 Å². The van der Waals surface area contributed by atoms with Gasteiger partial charge in [0.25, 0.3) is 5.91 Å². The van der Waals surface area contributed by atoms with Gasteiger partial charge in [0.05, 0.1) is 4.91 Å². The smallest absolute Gasteiger partial charge is 0.266 e. The number of piperidine rings is 1. The van der Waals surface area contributed by atoms with Gasteiger partial charge in [-0.1, -0.05) is 60.7 Å². The van der Waals surface area contributed by atoms with Crippen LogP contribution in [-0.4, -0.2) is 45.1 Å². The zero-order valence-electron chi connectivity index (χ0n) is 15.9. The Morgan fingerprint density at radius 1 is 1.30 bits per heavy atom. The third-order valence-corrected chi connectivity index (χ3v) is 6.59. The van der Waals surface area contributed by atoms with Gasteiger partial charge in [-0.15, -0.1) is 0 Å². The third kappa shape index (κ3) is 4.79. The molecular weight excluding hydrogens is 376 g/mol. The standard InChI is InChI=1S/C21H26N2O2S2/c1-3-17-6-4-5-12-22(17)19(24)11-13-23-20(25)18(27-21(23)26)14-16-9-7-15(2)8-10-16/h7-10,14,17H,3-6,11-13H2,1-2H3. The van der Waals surface area contributed by atoms with E-state index >= 15 is 0 Å². The van der Waals surface area contributed by atoms with Gasteiger partial charge in [-0.25, -0.2) is 0 Å². The first-order valence-electron chi connectivity index (χ1n) is 9.61. The van der Waals surface area contributed by atoms with E-state index in [0.29, 0.717) is 28.2 Å². The van der Waals surface area contributed by atoms with E-state index in [1.165, 1.54) is 23.7 Å². The summed E-state index contributed by atoms with van der Waals surface area (Å²) < 4.78 is 0.539. The van der Waals surface area contributed by atoms with E-state index in [1.54, 1.807) is 4.90 Å². The van der Waals surface area contributed by atoms with Gasteiger partial charge in [-0.2, -0.15) is 0 Å². The van der Waals surface area contributed by atoms with Crippen molar-refractivity contribution >= 4 is 46.2 Å². The number of thioether (sulfide) groups is 1. The Balaban J connectivity index is 1.62. The number of amides is 2. The van der Waals surface area contributed by atoms with Crippen LogP contribution in [0.25, 0.3) is 6.08 Å². The molecular formula is C21H26N2O2S2. The minimum Gasteiger partial charge on any atom is -0.340 e. The van der Waals surface area contributed by atoms with Crippen molar-refractivity contribution in [2.75, 3.05) is 13.1 Å². The van der Waals surface area contributed by atoms with Crippen LogP contribution in [0.4, 0.5) is 0 Å². The van der Waals surface area contributed by atoms with Crippen LogP contribution in [0.15, 0.2) is 29.2 Å². The van der Waals surface area contributed by atoms with Gasteiger partial charge in [0.1, 0.15) is 4.32 Å². The lowest BCUT2D eigenvalue weighted by molar-refractivity contribution is -0.135. The summed E-state index contributed by atoms with van der Waals surface area (Å²) in [5, 5.41) is 0. The maximum absolute atomic E-state index is 12.7. The van der Waals surface area contributed by atoms with E-state index < -0.39 is 0 Å². The number of rotatable bonds is 5. The maximum Gasteiger partial charge on any atom is 0.266 e. The second-order valence-corrected chi connectivity index (χ2v) is 8.81. The Morgan fingerprint density at radius 3 is 2.74 bits per heavy atom. The van der Waals surface area contributed by atoms with E-state index in [9.17, 15) is 9.59 Å². The van der Waals surface area contributed by atoms with Gasteiger partial charge in [0.15, 0.2) is 0 Å². The normalized spacial score (nSPS) is 22.0. The molecule has 0 radical (unpaired) electrons. The fourth-order valence-electron chi connectivity index (χ4n) is 3.61. The number of hydrogen-bond acceptors (Lipinski definition) is 4. The molecule has 1 aromatic carbocycles. The van der Waals surface area contributed by atoms with E-state index in [4.69, 9.17) is 12.2 Å². The highest BCUT2D eigenvalue weighted by Gasteiger charge is 2.33. The molecule has 0 bridgehead atoms. The summed E-state index contributed by atoms with van der Waals surface area (Å²) in [4.78, 5) is 29.6. The van der Waals surface area contributed by atoms with Gasteiger partial charge in [-0.3, -0.25) is 14.5 Å². The monoisotopic (exact) mass is 402 g/mol. The largest absolute Gasteiger partial charge is 0.340 e. The lowest BCUT2D eigenvalue weighted by atomic mass is 9.99. The molecule has 0 aliphatic carbocycles. The number of hydrogen-bond donors (Lipinski definition) is 0. The van der Waals surface area contributed by atoms with Crippen molar-refractivity contribution in [3.8, 4) is 0 Å². The number of benzene rings is 1. The summed E-state index contributed by atoms with van der Waals surface area (Å²) in [5.74, 6) is 0.0437. The van der Waals surface area contributed by atoms with Crippen molar-refractivity contribution in [1.29, 1.82) is 0 Å². The summed E-state index contributed by atoms with van der Waals surface area (Å²) >= 11 is 6.71. The van der Waals surface area contributed by atoms with Crippen LogP contribution in [0, 0.1) is 6.92 Å². The first kappa shape index (κ1) is 20.1. The van der Waals surface area contributed by atoms with Crippen molar-refractivity contribution in [3.63, 3.8) is 0 Å². The lowest BCUT2D eigenvalue weighted by Crippen LogP contribution is -2.44. The Bertz CT molecular complexity index is 758. The van der Waals surface area contributed by atoms with Crippen LogP contribution in [0.5, 0.6) is 0 Å². The SMILES string of the molecule is CCC1CCCCN1C(=O)CCN1C(=O)C(=Cc2ccc(C)cc2)SC1=S. The Hall–Kier alpha value is -1.66. The van der Waals surface area contributed by atoms with E-state index in [0.717, 1.165) is 31.4 Å². The highest BCUT2D eigenvalue weighted by atomic mass is 32.2. The predicted molar refractivity (Wildman–Crippen MR) is 115 cm³/mol. The van der Waals surface area contributed by atoms with Crippen molar-refractivity contribution in [2.45, 2.75) is 52.0 Å². The van der Waals surface area contributed by atoms with Crippen LogP contribution >= 0.6 is 24.0 Å². The molecule has 2 aliphatic rings. The molecule has 0 saturated carbocycles. The Labute approximate surface area is 171 Å². The van der Waals surface area contributed by atoms with Gasteiger partial charge >= 0.3 is 0 Å². The first-order valence-corrected chi connectivity index (χ1v) is 10.8. The molecule has 6 heteroatoms.